The lowest BCUT2D eigenvalue weighted by molar-refractivity contribution is 0.0580. The van der Waals surface area contributed by atoms with Crippen LogP contribution in [0.15, 0.2) is 52.5 Å². The van der Waals surface area contributed by atoms with Crippen LogP contribution >= 0.6 is 0 Å². The molecule has 2 N–H and O–H groups in total. The van der Waals surface area contributed by atoms with Crippen LogP contribution in [0.1, 0.15) is 48.0 Å². The van der Waals surface area contributed by atoms with E-state index in [0.29, 0.717) is 17.6 Å². The molecular formula is C20H30FNO3S. The number of rotatable bonds is 8. The SMILES string of the molecule is CC=C(C)C(O)(C(C)=CC)[C@@H](NS(=O)(=O)c1ccc(F)cc1)[C@@H](C)CC. The standard InChI is InChI=1S/C20H30FNO3S/c1-7-14(4)19(20(23,15(5)8-2)16(6)9-3)22-26(24,25)18-12-10-17(21)11-13-18/h8-14,19,22-23H,7H2,1-6H3/t14-,19-,20?/m0/s1. The minimum absolute atomic E-state index is 0.0363. The van der Waals surface area contributed by atoms with Gasteiger partial charge in [0.15, 0.2) is 0 Å². The van der Waals surface area contributed by atoms with Crippen molar-refractivity contribution in [2.24, 2.45) is 5.92 Å². The van der Waals surface area contributed by atoms with Gasteiger partial charge < -0.3 is 5.11 Å². The first kappa shape index (κ1) is 22.5. The van der Waals surface area contributed by atoms with E-state index in [1.807, 2.05) is 27.7 Å². The number of halogens is 1. The van der Waals surface area contributed by atoms with Crippen LogP contribution in [0.4, 0.5) is 4.39 Å². The molecule has 1 aromatic carbocycles. The molecule has 146 valence electrons. The molecule has 0 aliphatic rings. The molecule has 0 radical (unpaired) electrons. The van der Waals surface area contributed by atoms with Gasteiger partial charge in [-0.3, -0.25) is 0 Å². The zero-order valence-corrected chi connectivity index (χ0v) is 17.2. The molecule has 1 aromatic rings. The van der Waals surface area contributed by atoms with E-state index in [4.69, 9.17) is 0 Å². The first-order valence-corrected chi connectivity index (χ1v) is 10.3. The molecule has 0 fully saturated rings. The van der Waals surface area contributed by atoms with Crippen LogP contribution in [0.3, 0.4) is 0 Å². The van der Waals surface area contributed by atoms with Crippen LogP contribution in [-0.4, -0.2) is 25.2 Å². The molecule has 4 nitrogen and oxygen atoms in total. The number of hydrogen-bond acceptors (Lipinski definition) is 3. The average Bonchev–Trinajstić information content (AvgIpc) is 2.63. The van der Waals surface area contributed by atoms with Gasteiger partial charge in [0.2, 0.25) is 10.0 Å². The van der Waals surface area contributed by atoms with Crippen LogP contribution in [0.2, 0.25) is 0 Å². The van der Waals surface area contributed by atoms with Crippen molar-refractivity contribution in [3.8, 4) is 0 Å². The quantitative estimate of drug-likeness (QED) is 0.662. The number of hydrogen-bond donors (Lipinski definition) is 2. The van der Waals surface area contributed by atoms with E-state index in [0.717, 1.165) is 12.1 Å². The van der Waals surface area contributed by atoms with Gasteiger partial charge in [0, 0.05) is 0 Å². The second kappa shape index (κ2) is 8.93. The predicted molar refractivity (Wildman–Crippen MR) is 104 cm³/mol. The third kappa shape index (κ3) is 4.61. The lowest BCUT2D eigenvalue weighted by atomic mass is 9.75. The molecule has 0 unspecified atom stereocenters. The van der Waals surface area contributed by atoms with Gasteiger partial charge in [-0.2, -0.15) is 0 Å². The van der Waals surface area contributed by atoms with E-state index in [1.165, 1.54) is 12.1 Å². The van der Waals surface area contributed by atoms with E-state index >= 15 is 0 Å². The van der Waals surface area contributed by atoms with Gasteiger partial charge in [-0.05, 0) is 69.0 Å². The molecule has 0 heterocycles. The fourth-order valence-corrected chi connectivity index (χ4v) is 4.31. The summed E-state index contributed by atoms with van der Waals surface area (Å²) in [6.45, 7) is 11.0. The maximum Gasteiger partial charge on any atom is 0.240 e. The second-order valence-corrected chi connectivity index (χ2v) is 8.36. The minimum Gasteiger partial charge on any atom is -0.379 e. The molecule has 2 atom stereocenters. The second-order valence-electron chi connectivity index (χ2n) is 6.65. The summed E-state index contributed by atoms with van der Waals surface area (Å²) in [6, 6.07) is 3.88. The van der Waals surface area contributed by atoms with Gasteiger partial charge in [0.05, 0.1) is 10.9 Å². The smallest absolute Gasteiger partial charge is 0.240 e. The number of aliphatic hydroxyl groups is 1. The Morgan fingerprint density at radius 3 is 2.04 bits per heavy atom. The van der Waals surface area contributed by atoms with Crippen molar-refractivity contribution >= 4 is 10.0 Å². The Bertz CT molecular complexity index is 749. The highest BCUT2D eigenvalue weighted by molar-refractivity contribution is 7.89. The Labute approximate surface area is 156 Å². The topological polar surface area (TPSA) is 66.4 Å². The molecule has 0 saturated carbocycles. The first-order chi connectivity index (χ1) is 12.0. The van der Waals surface area contributed by atoms with Crippen LogP contribution in [-0.2, 0) is 10.0 Å². The maximum atomic E-state index is 13.1. The summed E-state index contributed by atoms with van der Waals surface area (Å²) in [5.41, 5.74) is -0.119. The third-order valence-corrected chi connectivity index (χ3v) is 6.59. The molecule has 6 heteroatoms. The van der Waals surface area contributed by atoms with Gasteiger partial charge >= 0.3 is 0 Å². The van der Waals surface area contributed by atoms with Crippen molar-refractivity contribution in [3.05, 3.63) is 53.4 Å². The summed E-state index contributed by atoms with van der Waals surface area (Å²) < 4.78 is 41.5. The summed E-state index contributed by atoms with van der Waals surface area (Å²) in [5.74, 6) is -0.645. The van der Waals surface area contributed by atoms with Crippen molar-refractivity contribution in [1.29, 1.82) is 0 Å². The predicted octanol–water partition coefficient (Wildman–Crippen LogP) is 4.18. The Balaban J connectivity index is 3.48. The van der Waals surface area contributed by atoms with Gasteiger partial charge in [0.25, 0.3) is 0 Å². The van der Waals surface area contributed by atoms with E-state index in [-0.39, 0.29) is 10.8 Å². The average molecular weight is 384 g/mol. The van der Waals surface area contributed by atoms with Gasteiger partial charge in [-0.1, -0.05) is 32.4 Å². The minimum atomic E-state index is -3.93. The molecule has 0 aliphatic heterocycles. The molecule has 26 heavy (non-hydrogen) atoms. The van der Waals surface area contributed by atoms with Crippen molar-refractivity contribution in [1.82, 2.24) is 4.72 Å². The van der Waals surface area contributed by atoms with Crippen molar-refractivity contribution < 1.29 is 17.9 Å². The molecule has 0 bridgehead atoms. The van der Waals surface area contributed by atoms with Crippen LogP contribution in [0.5, 0.6) is 0 Å². The Hall–Kier alpha value is -1.50. The molecule has 1 rings (SSSR count). The van der Waals surface area contributed by atoms with Crippen molar-refractivity contribution in [2.75, 3.05) is 0 Å². The van der Waals surface area contributed by atoms with Gasteiger partial charge in [0.1, 0.15) is 11.4 Å². The molecule has 0 spiro atoms. The van der Waals surface area contributed by atoms with Crippen molar-refractivity contribution in [3.63, 3.8) is 0 Å². The summed E-state index contributed by atoms with van der Waals surface area (Å²) in [6.07, 6.45) is 4.25. The van der Waals surface area contributed by atoms with Gasteiger partial charge in [-0.25, -0.2) is 17.5 Å². The zero-order chi connectivity index (χ0) is 20.1. The normalized spacial score (nSPS) is 18.3. The van der Waals surface area contributed by atoms with Crippen LogP contribution in [0.25, 0.3) is 0 Å². The van der Waals surface area contributed by atoms with Crippen LogP contribution < -0.4 is 4.72 Å². The largest absolute Gasteiger partial charge is 0.379 e. The summed E-state index contributed by atoms with van der Waals surface area (Å²) >= 11 is 0. The fourth-order valence-electron chi connectivity index (χ4n) is 2.94. The zero-order valence-electron chi connectivity index (χ0n) is 16.4. The molecular weight excluding hydrogens is 353 g/mol. The third-order valence-electron chi connectivity index (χ3n) is 5.14. The molecule has 0 aromatic heterocycles. The Morgan fingerprint density at radius 2 is 1.65 bits per heavy atom. The summed E-state index contributed by atoms with van der Waals surface area (Å²) in [5, 5.41) is 11.5. The molecule has 0 amide bonds. The van der Waals surface area contributed by atoms with E-state index < -0.39 is 27.5 Å². The number of allylic oxidation sites excluding steroid dienone is 2. The van der Waals surface area contributed by atoms with E-state index in [1.54, 1.807) is 26.0 Å². The fraction of sp³-hybridized carbons (Fsp3) is 0.500. The highest BCUT2D eigenvalue weighted by atomic mass is 32.2. The van der Waals surface area contributed by atoms with E-state index in [9.17, 15) is 17.9 Å². The number of nitrogens with one attached hydrogen (secondary N) is 1. The maximum absolute atomic E-state index is 13.1. The summed E-state index contributed by atoms with van der Waals surface area (Å²) in [4.78, 5) is -0.0363. The number of sulfonamides is 1. The molecule has 0 saturated heterocycles. The monoisotopic (exact) mass is 383 g/mol. The molecule has 0 aliphatic carbocycles. The van der Waals surface area contributed by atoms with Crippen LogP contribution in [0, 0.1) is 11.7 Å². The van der Waals surface area contributed by atoms with Crippen molar-refractivity contribution in [2.45, 2.75) is 64.5 Å². The lowest BCUT2D eigenvalue weighted by Gasteiger charge is -2.41. The van der Waals surface area contributed by atoms with Gasteiger partial charge in [-0.15, -0.1) is 0 Å². The summed E-state index contributed by atoms with van der Waals surface area (Å²) in [7, 11) is -3.93. The highest BCUT2D eigenvalue weighted by Gasteiger charge is 2.44. The number of benzene rings is 1. The first-order valence-electron chi connectivity index (χ1n) is 8.81. The van der Waals surface area contributed by atoms with E-state index in [2.05, 4.69) is 4.72 Å². The Kier molecular flexibility index (Phi) is 7.74. The highest BCUT2D eigenvalue weighted by Crippen LogP contribution is 2.34. The lowest BCUT2D eigenvalue weighted by Crippen LogP contribution is -2.57. The Morgan fingerprint density at radius 1 is 1.19 bits per heavy atom.